The zero-order chi connectivity index (χ0) is 14.2. The number of aromatic amines is 1. The Hall–Kier alpha value is -1.92. The number of carboxylic acid groups (broad SMARTS) is 1. The summed E-state index contributed by atoms with van der Waals surface area (Å²) in [6.07, 6.45) is 1.56. The van der Waals surface area contributed by atoms with Crippen LogP contribution in [0.4, 0.5) is 0 Å². The van der Waals surface area contributed by atoms with Crippen LogP contribution in [0.2, 0.25) is 0 Å². The predicted molar refractivity (Wildman–Crippen MR) is 66.6 cm³/mol. The quantitative estimate of drug-likeness (QED) is 0.826. The third-order valence-electron chi connectivity index (χ3n) is 3.56. The molecule has 19 heavy (non-hydrogen) atoms. The summed E-state index contributed by atoms with van der Waals surface area (Å²) >= 11 is 0. The van der Waals surface area contributed by atoms with Gasteiger partial charge < -0.3 is 10.0 Å². The van der Waals surface area contributed by atoms with E-state index in [4.69, 9.17) is 0 Å². The van der Waals surface area contributed by atoms with Crippen LogP contribution in [-0.4, -0.2) is 49.7 Å². The molecule has 1 fully saturated rings. The van der Waals surface area contributed by atoms with E-state index in [1.165, 1.54) is 4.90 Å². The fourth-order valence-electron chi connectivity index (χ4n) is 2.65. The fraction of sp³-hybridized carbons (Fsp3) is 0.667. The summed E-state index contributed by atoms with van der Waals surface area (Å²) in [6.45, 7) is 5.86. The van der Waals surface area contributed by atoms with Gasteiger partial charge in [0, 0.05) is 6.54 Å². The van der Waals surface area contributed by atoms with Crippen molar-refractivity contribution in [2.45, 2.75) is 39.7 Å². The first-order chi connectivity index (χ1) is 8.83. The van der Waals surface area contributed by atoms with Gasteiger partial charge in [-0.1, -0.05) is 13.8 Å². The minimum Gasteiger partial charge on any atom is -0.480 e. The number of aliphatic carboxylic acids is 1. The van der Waals surface area contributed by atoms with Crippen molar-refractivity contribution >= 4 is 11.9 Å². The van der Waals surface area contributed by atoms with Crippen molar-refractivity contribution in [2.24, 2.45) is 5.41 Å². The fourth-order valence-corrected chi connectivity index (χ4v) is 2.65. The Labute approximate surface area is 111 Å². The van der Waals surface area contributed by atoms with E-state index in [0.29, 0.717) is 12.4 Å². The molecule has 1 amide bonds. The topological polar surface area (TPSA) is 99.2 Å². The minimum atomic E-state index is -0.981. The number of aryl methyl sites for hydroxylation is 1. The van der Waals surface area contributed by atoms with Crippen molar-refractivity contribution in [2.75, 3.05) is 6.54 Å². The maximum Gasteiger partial charge on any atom is 0.326 e. The average molecular weight is 266 g/mol. The van der Waals surface area contributed by atoms with Crippen molar-refractivity contribution in [1.29, 1.82) is 0 Å². The molecule has 1 aromatic heterocycles. The second-order valence-corrected chi connectivity index (χ2v) is 5.58. The highest BCUT2D eigenvalue weighted by atomic mass is 16.4. The molecule has 0 saturated carbocycles. The van der Waals surface area contributed by atoms with E-state index in [1.807, 2.05) is 13.8 Å². The van der Waals surface area contributed by atoms with Crippen LogP contribution >= 0.6 is 0 Å². The van der Waals surface area contributed by atoms with Gasteiger partial charge in [-0.3, -0.25) is 9.89 Å². The number of carbonyl (C=O) groups excluding carboxylic acids is 1. The monoisotopic (exact) mass is 266 g/mol. The summed E-state index contributed by atoms with van der Waals surface area (Å²) in [5, 5.41) is 15.8. The lowest BCUT2D eigenvalue weighted by molar-refractivity contribution is -0.148. The number of aromatic nitrogens is 3. The molecular weight excluding hydrogens is 248 g/mol. The van der Waals surface area contributed by atoms with Gasteiger partial charge in [0.2, 0.25) is 5.82 Å². The molecule has 0 aliphatic carbocycles. The van der Waals surface area contributed by atoms with Crippen LogP contribution in [0.25, 0.3) is 0 Å². The van der Waals surface area contributed by atoms with Gasteiger partial charge in [0.05, 0.1) is 0 Å². The Morgan fingerprint density at radius 3 is 2.68 bits per heavy atom. The van der Waals surface area contributed by atoms with Crippen molar-refractivity contribution in [3.05, 3.63) is 11.6 Å². The highest BCUT2D eigenvalue weighted by Gasteiger charge is 2.45. The van der Waals surface area contributed by atoms with Crippen LogP contribution < -0.4 is 0 Å². The molecule has 2 rings (SSSR count). The lowest BCUT2D eigenvalue weighted by Crippen LogP contribution is -2.56. The zero-order valence-corrected chi connectivity index (χ0v) is 11.3. The molecule has 1 aliphatic heterocycles. The van der Waals surface area contributed by atoms with Crippen LogP contribution in [0.3, 0.4) is 0 Å². The van der Waals surface area contributed by atoms with E-state index in [9.17, 15) is 14.7 Å². The summed E-state index contributed by atoms with van der Waals surface area (Å²) in [6, 6.07) is -0.840. The van der Waals surface area contributed by atoms with Crippen molar-refractivity contribution in [1.82, 2.24) is 20.1 Å². The molecule has 104 valence electrons. The second kappa shape index (κ2) is 4.64. The summed E-state index contributed by atoms with van der Waals surface area (Å²) in [4.78, 5) is 29.2. The lowest BCUT2D eigenvalue weighted by Gasteiger charge is -2.43. The highest BCUT2D eigenvalue weighted by molar-refractivity contribution is 5.93. The van der Waals surface area contributed by atoms with E-state index >= 15 is 0 Å². The Morgan fingerprint density at radius 1 is 1.47 bits per heavy atom. The molecular formula is C12H18N4O3. The first kappa shape index (κ1) is 13.5. The number of nitrogens with one attached hydrogen (secondary N) is 1. The van der Waals surface area contributed by atoms with Gasteiger partial charge in [-0.15, -0.1) is 5.10 Å². The first-order valence-corrected chi connectivity index (χ1v) is 6.26. The summed E-state index contributed by atoms with van der Waals surface area (Å²) in [5.74, 6) is -0.845. The Balaban J connectivity index is 2.31. The largest absolute Gasteiger partial charge is 0.480 e. The molecule has 1 aliphatic rings. The first-order valence-electron chi connectivity index (χ1n) is 6.26. The minimum absolute atomic E-state index is 0.0291. The number of carboxylic acids is 1. The lowest BCUT2D eigenvalue weighted by atomic mass is 9.76. The molecule has 1 unspecified atom stereocenters. The van der Waals surface area contributed by atoms with Crippen molar-refractivity contribution in [3.8, 4) is 0 Å². The molecule has 0 bridgehead atoms. The van der Waals surface area contributed by atoms with Crippen molar-refractivity contribution < 1.29 is 14.7 Å². The highest BCUT2D eigenvalue weighted by Crippen LogP contribution is 2.35. The third-order valence-corrected chi connectivity index (χ3v) is 3.56. The summed E-state index contributed by atoms with van der Waals surface area (Å²) < 4.78 is 0. The summed E-state index contributed by atoms with van der Waals surface area (Å²) in [7, 11) is 0. The average Bonchev–Trinajstić information content (AvgIpc) is 2.72. The second-order valence-electron chi connectivity index (χ2n) is 5.58. The van der Waals surface area contributed by atoms with Crippen molar-refractivity contribution in [3.63, 3.8) is 0 Å². The molecule has 0 aromatic carbocycles. The maximum absolute atomic E-state index is 12.3. The van der Waals surface area contributed by atoms with Gasteiger partial charge in [-0.05, 0) is 25.2 Å². The van der Waals surface area contributed by atoms with Gasteiger partial charge >= 0.3 is 5.97 Å². The molecule has 1 atom stereocenters. The number of hydrogen-bond acceptors (Lipinski definition) is 4. The van der Waals surface area contributed by atoms with E-state index in [0.717, 1.165) is 12.8 Å². The standard InChI is InChI=1S/C12H18N4O3/c1-7-13-9(15-14-7)10(17)16-6-4-5-12(2,3)8(16)11(18)19/h8H,4-6H2,1-3H3,(H,18,19)(H,13,14,15). The third kappa shape index (κ3) is 2.45. The Kier molecular flexibility index (Phi) is 3.30. The van der Waals surface area contributed by atoms with Gasteiger partial charge in [-0.2, -0.15) is 0 Å². The molecule has 1 aromatic rings. The van der Waals surface area contributed by atoms with E-state index in [-0.39, 0.29) is 5.82 Å². The number of piperidine rings is 1. The van der Waals surface area contributed by atoms with Crippen LogP contribution in [-0.2, 0) is 4.79 Å². The zero-order valence-electron chi connectivity index (χ0n) is 11.3. The van der Waals surface area contributed by atoms with Crippen LogP contribution in [0.5, 0.6) is 0 Å². The van der Waals surface area contributed by atoms with Gasteiger partial charge in [0.15, 0.2) is 0 Å². The normalized spacial score (nSPS) is 22.3. The van der Waals surface area contributed by atoms with E-state index in [1.54, 1.807) is 6.92 Å². The molecule has 7 heteroatoms. The molecule has 2 heterocycles. The van der Waals surface area contributed by atoms with Crippen LogP contribution in [0.1, 0.15) is 43.1 Å². The van der Waals surface area contributed by atoms with Gasteiger partial charge in [-0.25, -0.2) is 9.78 Å². The van der Waals surface area contributed by atoms with Gasteiger partial charge in [0.25, 0.3) is 5.91 Å². The maximum atomic E-state index is 12.3. The number of likely N-dealkylation sites (tertiary alicyclic amines) is 1. The van der Waals surface area contributed by atoms with E-state index in [2.05, 4.69) is 15.2 Å². The number of rotatable bonds is 2. The summed E-state index contributed by atoms with van der Waals surface area (Å²) in [5.41, 5.74) is -0.453. The van der Waals surface area contributed by atoms with Gasteiger partial charge in [0.1, 0.15) is 11.9 Å². The Bertz CT molecular complexity index is 509. The van der Waals surface area contributed by atoms with Crippen LogP contribution in [0.15, 0.2) is 0 Å². The molecule has 1 saturated heterocycles. The molecule has 0 spiro atoms. The number of carbonyl (C=O) groups is 2. The predicted octanol–water partition coefficient (Wildman–Crippen LogP) is 0.829. The number of hydrogen-bond donors (Lipinski definition) is 2. The number of amides is 1. The number of H-pyrrole nitrogens is 1. The number of nitrogens with zero attached hydrogens (tertiary/aromatic N) is 3. The Morgan fingerprint density at radius 2 is 2.16 bits per heavy atom. The SMILES string of the molecule is Cc1nc(C(=O)N2CCCC(C)(C)C2C(=O)O)n[nH]1. The van der Waals surface area contributed by atoms with E-state index < -0.39 is 23.3 Å². The molecule has 0 radical (unpaired) electrons. The molecule has 7 nitrogen and oxygen atoms in total. The molecule has 2 N–H and O–H groups in total. The smallest absolute Gasteiger partial charge is 0.326 e. The van der Waals surface area contributed by atoms with Crippen LogP contribution in [0, 0.1) is 12.3 Å².